The number of hydrogen-bond donors (Lipinski definition) is 2. The maximum absolute atomic E-state index is 10.9. The van der Waals surface area contributed by atoms with Gasteiger partial charge in [-0.05, 0) is 37.5 Å². The maximum Gasteiger partial charge on any atom is 0.352 e. The van der Waals surface area contributed by atoms with Gasteiger partial charge in [-0.1, -0.05) is 0 Å². The molecular formula is C10H14N2O2. The molecule has 2 fully saturated rings. The van der Waals surface area contributed by atoms with Crippen LogP contribution in [0.4, 0.5) is 0 Å². The van der Waals surface area contributed by atoms with Gasteiger partial charge in [0, 0.05) is 5.92 Å². The van der Waals surface area contributed by atoms with E-state index < -0.39 is 5.97 Å². The van der Waals surface area contributed by atoms with Gasteiger partial charge in [-0.3, -0.25) is 0 Å². The number of aliphatic carboxylic acids is 1. The second-order valence-corrected chi connectivity index (χ2v) is 4.89. The standard InChI is InChI=1S/C10H14N2O2/c13-9(14)8-6-5-10(3-4-10)2-1-7(6)11-12-8/h6-7,11H,1-5H2,(H,13,14). The summed E-state index contributed by atoms with van der Waals surface area (Å²) in [7, 11) is 0. The summed E-state index contributed by atoms with van der Waals surface area (Å²) in [4.78, 5) is 10.9. The zero-order valence-corrected chi connectivity index (χ0v) is 7.99. The van der Waals surface area contributed by atoms with Crippen molar-refractivity contribution >= 4 is 11.7 Å². The third-order valence-electron chi connectivity index (χ3n) is 4.00. The van der Waals surface area contributed by atoms with Gasteiger partial charge in [0.1, 0.15) is 5.71 Å². The van der Waals surface area contributed by atoms with Gasteiger partial charge >= 0.3 is 5.97 Å². The molecule has 0 aromatic carbocycles. The minimum Gasteiger partial charge on any atom is -0.477 e. The summed E-state index contributed by atoms with van der Waals surface area (Å²) in [6.07, 6.45) is 5.97. The highest BCUT2D eigenvalue weighted by Crippen LogP contribution is 2.58. The van der Waals surface area contributed by atoms with Crippen LogP contribution >= 0.6 is 0 Å². The Hall–Kier alpha value is -1.06. The number of hydrazone groups is 1. The molecule has 1 spiro atoms. The number of hydrogen-bond acceptors (Lipinski definition) is 3. The van der Waals surface area contributed by atoms with E-state index in [0.29, 0.717) is 17.2 Å². The lowest BCUT2D eigenvalue weighted by atomic mass is 9.74. The lowest BCUT2D eigenvalue weighted by Crippen LogP contribution is -2.38. The van der Waals surface area contributed by atoms with Crippen molar-refractivity contribution in [2.75, 3.05) is 0 Å². The van der Waals surface area contributed by atoms with Crippen LogP contribution in [0, 0.1) is 11.3 Å². The van der Waals surface area contributed by atoms with Crippen molar-refractivity contribution in [3.8, 4) is 0 Å². The molecule has 1 aliphatic heterocycles. The largest absolute Gasteiger partial charge is 0.477 e. The van der Waals surface area contributed by atoms with E-state index in [0.717, 1.165) is 12.8 Å². The van der Waals surface area contributed by atoms with Gasteiger partial charge in [0.2, 0.25) is 0 Å². The molecule has 3 rings (SSSR count). The van der Waals surface area contributed by atoms with Crippen LogP contribution in [-0.2, 0) is 4.79 Å². The van der Waals surface area contributed by atoms with E-state index in [1.54, 1.807) is 0 Å². The lowest BCUT2D eigenvalue weighted by Gasteiger charge is -2.31. The smallest absolute Gasteiger partial charge is 0.352 e. The first-order valence-electron chi connectivity index (χ1n) is 5.27. The predicted octanol–water partition coefficient (Wildman–Crippen LogP) is 0.979. The van der Waals surface area contributed by atoms with Gasteiger partial charge in [-0.15, -0.1) is 0 Å². The second-order valence-electron chi connectivity index (χ2n) is 4.89. The molecule has 0 bridgehead atoms. The van der Waals surface area contributed by atoms with Crippen LogP contribution in [0.5, 0.6) is 0 Å². The Balaban J connectivity index is 1.82. The van der Waals surface area contributed by atoms with E-state index >= 15 is 0 Å². The van der Waals surface area contributed by atoms with Crippen LogP contribution < -0.4 is 5.43 Å². The van der Waals surface area contributed by atoms with Crippen molar-refractivity contribution in [2.45, 2.75) is 38.1 Å². The summed E-state index contributed by atoms with van der Waals surface area (Å²) in [5, 5.41) is 12.9. The summed E-state index contributed by atoms with van der Waals surface area (Å²) in [5.74, 6) is -0.675. The average molecular weight is 194 g/mol. The summed E-state index contributed by atoms with van der Waals surface area (Å²) < 4.78 is 0. The second kappa shape index (κ2) is 2.49. The average Bonchev–Trinajstić information content (AvgIpc) is 2.77. The number of nitrogens with zero attached hydrogens (tertiary/aromatic N) is 1. The molecule has 2 N–H and O–H groups in total. The molecule has 0 amide bonds. The Morgan fingerprint density at radius 1 is 1.50 bits per heavy atom. The molecule has 76 valence electrons. The maximum atomic E-state index is 10.9. The fourth-order valence-corrected chi connectivity index (χ4v) is 2.89. The van der Waals surface area contributed by atoms with Crippen molar-refractivity contribution in [3.63, 3.8) is 0 Å². The topological polar surface area (TPSA) is 61.7 Å². The van der Waals surface area contributed by atoms with E-state index in [4.69, 9.17) is 5.11 Å². The number of carboxylic acid groups (broad SMARTS) is 1. The van der Waals surface area contributed by atoms with Crippen LogP contribution in [0.25, 0.3) is 0 Å². The first-order chi connectivity index (χ1) is 6.70. The molecule has 2 aliphatic carbocycles. The number of carboxylic acids is 1. The zero-order chi connectivity index (χ0) is 9.76. The van der Waals surface area contributed by atoms with E-state index in [1.165, 1.54) is 19.3 Å². The molecule has 4 nitrogen and oxygen atoms in total. The molecule has 0 radical (unpaired) electrons. The molecular weight excluding hydrogens is 180 g/mol. The fourth-order valence-electron chi connectivity index (χ4n) is 2.89. The zero-order valence-electron chi connectivity index (χ0n) is 7.99. The van der Waals surface area contributed by atoms with Crippen LogP contribution in [0.2, 0.25) is 0 Å². The van der Waals surface area contributed by atoms with Crippen molar-refractivity contribution in [3.05, 3.63) is 0 Å². The summed E-state index contributed by atoms with van der Waals surface area (Å²) in [6, 6.07) is 0.298. The highest BCUT2D eigenvalue weighted by Gasteiger charge is 2.52. The minimum atomic E-state index is -0.845. The van der Waals surface area contributed by atoms with Crippen LogP contribution in [0.1, 0.15) is 32.1 Å². The van der Waals surface area contributed by atoms with Crippen LogP contribution in [-0.4, -0.2) is 22.8 Å². The molecule has 0 aromatic heterocycles. The van der Waals surface area contributed by atoms with Gasteiger partial charge in [-0.25, -0.2) is 4.79 Å². The molecule has 0 saturated heterocycles. The fraction of sp³-hybridized carbons (Fsp3) is 0.800. The van der Waals surface area contributed by atoms with Gasteiger partial charge in [-0.2, -0.15) is 5.10 Å². The van der Waals surface area contributed by atoms with E-state index in [1.807, 2.05) is 0 Å². The first-order valence-corrected chi connectivity index (χ1v) is 5.27. The number of rotatable bonds is 1. The van der Waals surface area contributed by atoms with Crippen LogP contribution in [0.15, 0.2) is 5.10 Å². The highest BCUT2D eigenvalue weighted by molar-refractivity contribution is 6.37. The predicted molar refractivity (Wildman–Crippen MR) is 51.0 cm³/mol. The van der Waals surface area contributed by atoms with Crippen LogP contribution in [0.3, 0.4) is 0 Å². The van der Waals surface area contributed by atoms with Gasteiger partial charge in [0.15, 0.2) is 0 Å². The normalized spacial score (nSPS) is 37.3. The van der Waals surface area contributed by atoms with E-state index in [2.05, 4.69) is 10.5 Å². The number of carbonyl (C=O) groups is 1. The lowest BCUT2D eigenvalue weighted by molar-refractivity contribution is -0.129. The molecule has 0 aromatic rings. The Labute approximate surface area is 82.4 Å². The third-order valence-corrected chi connectivity index (χ3v) is 4.00. The number of fused-ring (bicyclic) bond motifs is 1. The summed E-state index contributed by atoms with van der Waals surface area (Å²) in [6.45, 7) is 0. The SMILES string of the molecule is O=C(O)C1=NNC2CCC3(CC3)CC12. The third kappa shape index (κ3) is 1.06. The summed E-state index contributed by atoms with van der Waals surface area (Å²) >= 11 is 0. The minimum absolute atomic E-state index is 0.170. The molecule has 2 saturated carbocycles. The highest BCUT2D eigenvalue weighted by atomic mass is 16.4. The molecule has 3 aliphatic rings. The van der Waals surface area contributed by atoms with Crippen molar-refractivity contribution < 1.29 is 9.90 Å². The Bertz CT molecular complexity index is 320. The van der Waals surface area contributed by atoms with Gasteiger partial charge < -0.3 is 10.5 Å². The Kier molecular flexibility index (Phi) is 1.47. The first kappa shape index (κ1) is 8.26. The number of nitrogens with one attached hydrogen (secondary N) is 1. The van der Waals surface area contributed by atoms with Crippen molar-refractivity contribution in [1.29, 1.82) is 0 Å². The molecule has 14 heavy (non-hydrogen) atoms. The molecule has 4 heteroatoms. The molecule has 1 heterocycles. The quantitative estimate of drug-likeness (QED) is 0.654. The monoisotopic (exact) mass is 194 g/mol. The van der Waals surface area contributed by atoms with Gasteiger partial charge in [0.25, 0.3) is 0 Å². The molecule has 2 atom stereocenters. The van der Waals surface area contributed by atoms with Crippen molar-refractivity contribution in [1.82, 2.24) is 5.43 Å². The van der Waals surface area contributed by atoms with Crippen molar-refractivity contribution in [2.24, 2.45) is 16.4 Å². The Morgan fingerprint density at radius 3 is 2.93 bits per heavy atom. The van der Waals surface area contributed by atoms with E-state index in [9.17, 15) is 4.79 Å². The van der Waals surface area contributed by atoms with Gasteiger partial charge in [0.05, 0.1) is 6.04 Å². The summed E-state index contributed by atoms with van der Waals surface area (Å²) in [5.41, 5.74) is 3.83. The molecule has 2 unspecified atom stereocenters. The van der Waals surface area contributed by atoms with E-state index in [-0.39, 0.29) is 5.92 Å². The Morgan fingerprint density at radius 2 is 2.29 bits per heavy atom.